The molecule has 3 heteroatoms. The molecule has 2 aliphatic heterocycles. The lowest BCUT2D eigenvalue weighted by molar-refractivity contribution is -0.122. The maximum absolute atomic E-state index is 11.4. The second-order valence-corrected chi connectivity index (χ2v) is 6.30. The molecule has 0 radical (unpaired) electrons. The number of ether oxygens (including phenoxy) is 1. The highest BCUT2D eigenvalue weighted by Gasteiger charge is 2.22. The lowest BCUT2D eigenvalue weighted by Gasteiger charge is -2.31. The molecule has 0 aromatic heterocycles. The minimum atomic E-state index is 0.309. The Labute approximate surface area is 117 Å². The summed E-state index contributed by atoms with van der Waals surface area (Å²) in [5.41, 5.74) is 0. The van der Waals surface area contributed by atoms with Crippen molar-refractivity contribution in [2.75, 3.05) is 32.8 Å². The van der Waals surface area contributed by atoms with Crippen LogP contribution in [0.2, 0.25) is 0 Å². The molecule has 2 rings (SSSR count). The van der Waals surface area contributed by atoms with Crippen LogP contribution in [0, 0.1) is 11.8 Å². The van der Waals surface area contributed by atoms with Crippen molar-refractivity contribution in [1.82, 2.24) is 4.90 Å². The molecule has 3 nitrogen and oxygen atoms in total. The number of likely N-dealkylation sites (tertiary alicyclic amines) is 1. The van der Waals surface area contributed by atoms with E-state index in [9.17, 15) is 4.79 Å². The van der Waals surface area contributed by atoms with E-state index >= 15 is 0 Å². The summed E-state index contributed by atoms with van der Waals surface area (Å²) in [6.07, 6.45) is 8.82. The van der Waals surface area contributed by atoms with Crippen LogP contribution in [0.15, 0.2) is 0 Å². The monoisotopic (exact) mass is 267 g/mol. The third-order valence-electron chi connectivity index (χ3n) is 4.76. The Bertz CT molecular complexity index is 274. The van der Waals surface area contributed by atoms with Gasteiger partial charge in [-0.05, 0) is 58.0 Å². The van der Waals surface area contributed by atoms with Crippen molar-refractivity contribution in [3.8, 4) is 0 Å². The van der Waals surface area contributed by atoms with Crippen molar-refractivity contribution < 1.29 is 9.53 Å². The number of hydrogen-bond acceptors (Lipinski definition) is 3. The molecule has 2 aliphatic rings. The zero-order chi connectivity index (χ0) is 13.5. The molecule has 19 heavy (non-hydrogen) atoms. The average Bonchev–Trinajstić information content (AvgIpc) is 2.45. The standard InChI is InChI=1S/C16H29NO2/c1-14(18)16-6-4-10-17(13-16)9-3-2-5-15-7-11-19-12-8-15/h15-16H,2-13H2,1H3. The van der Waals surface area contributed by atoms with Crippen LogP contribution in [0.3, 0.4) is 0 Å². The van der Waals surface area contributed by atoms with Crippen LogP contribution >= 0.6 is 0 Å². The number of hydrogen-bond donors (Lipinski definition) is 0. The van der Waals surface area contributed by atoms with Gasteiger partial charge in [-0.15, -0.1) is 0 Å². The van der Waals surface area contributed by atoms with E-state index in [4.69, 9.17) is 4.74 Å². The smallest absolute Gasteiger partial charge is 0.134 e. The maximum Gasteiger partial charge on any atom is 0.134 e. The van der Waals surface area contributed by atoms with Crippen molar-refractivity contribution in [3.63, 3.8) is 0 Å². The van der Waals surface area contributed by atoms with Gasteiger partial charge >= 0.3 is 0 Å². The Hall–Kier alpha value is -0.410. The number of Topliss-reactive ketones (excluding diaryl/α,β-unsaturated/α-hetero) is 1. The molecule has 0 N–H and O–H groups in total. The number of carbonyl (C=O) groups excluding carboxylic acids is 1. The molecule has 2 heterocycles. The fourth-order valence-corrected chi connectivity index (χ4v) is 3.39. The van der Waals surface area contributed by atoms with Crippen molar-refractivity contribution >= 4 is 5.78 Å². The minimum Gasteiger partial charge on any atom is -0.381 e. The van der Waals surface area contributed by atoms with Gasteiger partial charge in [-0.2, -0.15) is 0 Å². The zero-order valence-corrected chi connectivity index (χ0v) is 12.4. The summed E-state index contributed by atoms with van der Waals surface area (Å²) < 4.78 is 5.40. The molecular weight excluding hydrogens is 238 g/mol. The molecule has 0 saturated carbocycles. The fraction of sp³-hybridized carbons (Fsp3) is 0.938. The third kappa shape index (κ3) is 5.23. The highest BCUT2D eigenvalue weighted by atomic mass is 16.5. The van der Waals surface area contributed by atoms with Gasteiger partial charge in [0.25, 0.3) is 0 Å². The zero-order valence-electron chi connectivity index (χ0n) is 12.4. The number of unbranched alkanes of at least 4 members (excludes halogenated alkanes) is 1. The number of nitrogens with zero attached hydrogens (tertiary/aromatic N) is 1. The second kappa shape index (κ2) is 8.01. The summed E-state index contributed by atoms with van der Waals surface area (Å²) >= 11 is 0. The van der Waals surface area contributed by atoms with Crippen LogP contribution in [0.1, 0.15) is 51.9 Å². The van der Waals surface area contributed by atoms with E-state index in [-0.39, 0.29) is 0 Å². The molecule has 1 atom stereocenters. The van der Waals surface area contributed by atoms with Crippen molar-refractivity contribution in [2.24, 2.45) is 11.8 Å². The van der Waals surface area contributed by atoms with Gasteiger partial charge in [0.05, 0.1) is 0 Å². The van der Waals surface area contributed by atoms with Gasteiger partial charge in [-0.1, -0.05) is 12.8 Å². The Kier molecular flexibility index (Phi) is 6.32. The molecule has 2 fully saturated rings. The first-order chi connectivity index (χ1) is 9.25. The van der Waals surface area contributed by atoms with Crippen LogP contribution in [0.25, 0.3) is 0 Å². The van der Waals surface area contributed by atoms with E-state index in [1.54, 1.807) is 6.92 Å². The van der Waals surface area contributed by atoms with Crippen LogP contribution in [0.5, 0.6) is 0 Å². The first-order valence-corrected chi connectivity index (χ1v) is 8.06. The van der Waals surface area contributed by atoms with E-state index in [1.807, 2.05) is 0 Å². The van der Waals surface area contributed by atoms with E-state index in [2.05, 4.69) is 4.90 Å². The molecule has 0 aromatic carbocycles. The van der Waals surface area contributed by atoms with Gasteiger partial charge in [0, 0.05) is 25.7 Å². The van der Waals surface area contributed by atoms with Crippen LogP contribution < -0.4 is 0 Å². The predicted molar refractivity (Wildman–Crippen MR) is 77.2 cm³/mol. The summed E-state index contributed by atoms with van der Waals surface area (Å²) in [6, 6.07) is 0. The predicted octanol–water partition coefficient (Wildman–Crippen LogP) is 2.88. The normalized spacial score (nSPS) is 26.5. The number of ketones is 1. The van der Waals surface area contributed by atoms with Crippen LogP contribution in [-0.4, -0.2) is 43.5 Å². The Balaban J connectivity index is 1.56. The van der Waals surface area contributed by atoms with E-state index < -0.39 is 0 Å². The molecule has 0 aliphatic carbocycles. The minimum absolute atomic E-state index is 0.309. The number of rotatable bonds is 6. The lowest BCUT2D eigenvalue weighted by Crippen LogP contribution is -2.38. The quantitative estimate of drug-likeness (QED) is 0.693. The number of piperidine rings is 1. The molecule has 0 amide bonds. The van der Waals surface area contributed by atoms with E-state index in [0.29, 0.717) is 11.7 Å². The van der Waals surface area contributed by atoms with E-state index in [1.165, 1.54) is 51.6 Å². The first-order valence-electron chi connectivity index (χ1n) is 8.06. The highest BCUT2D eigenvalue weighted by Crippen LogP contribution is 2.22. The van der Waals surface area contributed by atoms with Gasteiger partial charge < -0.3 is 9.64 Å². The summed E-state index contributed by atoms with van der Waals surface area (Å²) in [5, 5.41) is 0. The van der Waals surface area contributed by atoms with Gasteiger partial charge in [-0.3, -0.25) is 4.79 Å². The van der Waals surface area contributed by atoms with E-state index in [0.717, 1.165) is 32.1 Å². The molecule has 110 valence electrons. The largest absolute Gasteiger partial charge is 0.381 e. The third-order valence-corrected chi connectivity index (χ3v) is 4.76. The first kappa shape index (κ1) is 15.0. The molecule has 2 saturated heterocycles. The fourth-order valence-electron chi connectivity index (χ4n) is 3.39. The molecule has 0 aromatic rings. The van der Waals surface area contributed by atoms with Crippen LogP contribution in [-0.2, 0) is 9.53 Å². The summed E-state index contributed by atoms with van der Waals surface area (Å²) in [7, 11) is 0. The highest BCUT2D eigenvalue weighted by molar-refractivity contribution is 5.78. The molecular formula is C16H29NO2. The Morgan fingerprint density at radius 3 is 2.74 bits per heavy atom. The van der Waals surface area contributed by atoms with Crippen LogP contribution in [0.4, 0.5) is 0 Å². The van der Waals surface area contributed by atoms with Crippen molar-refractivity contribution in [1.29, 1.82) is 0 Å². The van der Waals surface area contributed by atoms with Gasteiger partial charge in [0.2, 0.25) is 0 Å². The maximum atomic E-state index is 11.4. The van der Waals surface area contributed by atoms with Crippen molar-refractivity contribution in [3.05, 3.63) is 0 Å². The second-order valence-electron chi connectivity index (χ2n) is 6.30. The summed E-state index contributed by atoms with van der Waals surface area (Å²) in [5.74, 6) is 1.59. The molecule has 0 spiro atoms. The van der Waals surface area contributed by atoms with Crippen molar-refractivity contribution in [2.45, 2.75) is 51.9 Å². The summed E-state index contributed by atoms with van der Waals surface area (Å²) in [6.45, 7) is 7.08. The Morgan fingerprint density at radius 1 is 1.21 bits per heavy atom. The number of carbonyl (C=O) groups is 1. The van der Waals surface area contributed by atoms with Gasteiger partial charge in [0.15, 0.2) is 0 Å². The Morgan fingerprint density at radius 2 is 2.00 bits per heavy atom. The van der Waals surface area contributed by atoms with Gasteiger partial charge in [-0.25, -0.2) is 0 Å². The molecule has 0 bridgehead atoms. The summed E-state index contributed by atoms with van der Waals surface area (Å²) in [4.78, 5) is 13.9. The van der Waals surface area contributed by atoms with Gasteiger partial charge in [0.1, 0.15) is 5.78 Å². The lowest BCUT2D eigenvalue weighted by atomic mass is 9.93. The average molecular weight is 267 g/mol. The SMILES string of the molecule is CC(=O)C1CCCN(CCCCC2CCOCC2)C1. The molecule has 1 unspecified atom stereocenters. The topological polar surface area (TPSA) is 29.5 Å².